The van der Waals surface area contributed by atoms with Crippen LogP contribution in [0.15, 0.2) is 30.5 Å². The second-order valence-corrected chi connectivity index (χ2v) is 8.86. The van der Waals surface area contributed by atoms with E-state index in [1.165, 1.54) is 17.2 Å². The zero-order valence-electron chi connectivity index (χ0n) is 14.5. The molecule has 1 aromatic heterocycles. The first-order valence-electron chi connectivity index (χ1n) is 8.45. The third kappa shape index (κ3) is 3.70. The number of nitrogens with one attached hydrogen (secondary N) is 1. The highest BCUT2D eigenvalue weighted by Crippen LogP contribution is 2.27. The van der Waals surface area contributed by atoms with Crippen molar-refractivity contribution in [2.75, 3.05) is 24.7 Å². The van der Waals surface area contributed by atoms with E-state index in [2.05, 4.69) is 48.4 Å². The molecule has 1 aliphatic heterocycles. The lowest BCUT2D eigenvalue weighted by Crippen LogP contribution is -2.41. The number of anilines is 1. The highest BCUT2D eigenvalue weighted by Gasteiger charge is 2.25. The van der Waals surface area contributed by atoms with Gasteiger partial charge in [0.2, 0.25) is 10.0 Å². The molecule has 1 fully saturated rings. The second-order valence-electron chi connectivity index (χ2n) is 6.87. The zero-order valence-corrected chi connectivity index (χ0v) is 15.3. The van der Waals surface area contributed by atoms with E-state index in [1.54, 1.807) is 4.31 Å². The van der Waals surface area contributed by atoms with Crippen LogP contribution < -0.4 is 5.32 Å². The van der Waals surface area contributed by atoms with Gasteiger partial charge in [0.15, 0.2) is 0 Å². The van der Waals surface area contributed by atoms with Crippen LogP contribution in [0.5, 0.6) is 0 Å². The van der Waals surface area contributed by atoms with Crippen LogP contribution in [0.25, 0.3) is 10.8 Å². The summed E-state index contributed by atoms with van der Waals surface area (Å²) in [6.45, 7) is 5.54. The Bertz CT molecular complexity index is 825. The molecule has 0 amide bonds. The van der Waals surface area contributed by atoms with E-state index >= 15 is 0 Å². The fourth-order valence-electron chi connectivity index (χ4n) is 3.32. The average molecular weight is 347 g/mol. The fraction of sp³-hybridized carbons (Fsp3) is 0.500. The summed E-state index contributed by atoms with van der Waals surface area (Å²) in [5, 5.41) is 5.86. The maximum absolute atomic E-state index is 11.6. The van der Waals surface area contributed by atoms with Crippen molar-refractivity contribution in [2.24, 2.45) is 0 Å². The number of nitrogens with zero attached hydrogens (tertiary/aromatic N) is 2. The van der Waals surface area contributed by atoms with E-state index in [-0.39, 0.29) is 6.04 Å². The van der Waals surface area contributed by atoms with Crippen molar-refractivity contribution in [1.82, 2.24) is 9.29 Å². The maximum atomic E-state index is 11.6. The zero-order chi connectivity index (χ0) is 17.3. The molecule has 1 saturated heterocycles. The quantitative estimate of drug-likeness (QED) is 0.922. The molecular weight excluding hydrogens is 322 g/mol. The van der Waals surface area contributed by atoms with Crippen molar-refractivity contribution in [1.29, 1.82) is 0 Å². The number of rotatable bonds is 4. The van der Waals surface area contributed by atoms with Crippen LogP contribution in [0.4, 0.5) is 5.82 Å². The van der Waals surface area contributed by atoms with E-state index in [4.69, 9.17) is 0 Å². The largest absolute Gasteiger partial charge is 0.367 e. The van der Waals surface area contributed by atoms with Gasteiger partial charge in [-0.25, -0.2) is 17.7 Å². The van der Waals surface area contributed by atoms with Gasteiger partial charge in [-0.2, -0.15) is 0 Å². The lowest BCUT2D eigenvalue weighted by Gasteiger charge is -2.31. The van der Waals surface area contributed by atoms with Crippen LogP contribution in [-0.4, -0.2) is 43.1 Å². The van der Waals surface area contributed by atoms with E-state index in [0.29, 0.717) is 19.0 Å². The van der Waals surface area contributed by atoms with E-state index < -0.39 is 10.0 Å². The van der Waals surface area contributed by atoms with Gasteiger partial charge in [-0.1, -0.05) is 32.0 Å². The van der Waals surface area contributed by atoms with Crippen LogP contribution in [0.1, 0.15) is 38.2 Å². The van der Waals surface area contributed by atoms with Crippen molar-refractivity contribution in [3.05, 3.63) is 36.0 Å². The molecule has 1 aliphatic rings. The van der Waals surface area contributed by atoms with Gasteiger partial charge in [-0.15, -0.1) is 0 Å². The maximum Gasteiger partial charge on any atom is 0.211 e. The van der Waals surface area contributed by atoms with Crippen LogP contribution in [0.2, 0.25) is 0 Å². The number of hydrogen-bond acceptors (Lipinski definition) is 4. The van der Waals surface area contributed by atoms with Crippen molar-refractivity contribution in [3.8, 4) is 0 Å². The third-order valence-corrected chi connectivity index (χ3v) is 6.00. The summed E-state index contributed by atoms with van der Waals surface area (Å²) < 4.78 is 24.7. The van der Waals surface area contributed by atoms with Gasteiger partial charge >= 0.3 is 0 Å². The number of sulfonamides is 1. The molecule has 0 radical (unpaired) electrons. The molecule has 2 aromatic rings. The lowest BCUT2D eigenvalue weighted by molar-refractivity contribution is 0.331. The van der Waals surface area contributed by atoms with Crippen LogP contribution in [0.3, 0.4) is 0 Å². The minimum atomic E-state index is -3.08. The van der Waals surface area contributed by atoms with E-state index in [0.717, 1.165) is 24.0 Å². The summed E-state index contributed by atoms with van der Waals surface area (Å²) in [6.07, 6.45) is 4.80. The first-order chi connectivity index (χ1) is 11.3. The van der Waals surface area contributed by atoms with Gasteiger partial charge in [-0.3, -0.25) is 0 Å². The summed E-state index contributed by atoms with van der Waals surface area (Å²) in [6, 6.07) is 8.71. The minimum Gasteiger partial charge on any atom is -0.367 e. The van der Waals surface area contributed by atoms with Gasteiger partial charge in [0.05, 0.1) is 6.26 Å². The second kappa shape index (κ2) is 6.69. The van der Waals surface area contributed by atoms with Crippen molar-refractivity contribution in [2.45, 2.75) is 38.6 Å². The Kier molecular flexibility index (Phi) is 4.78. The van der Waals surface area contributed by atoms with E-state index in [1.807, 2.05) is 6.20 Å². The standard InChI is InChI=1S/C18H25N3O2S/c1-13(2)16-6-4-5-14-12-19-18(11-17(14)16)20-15-7-9-21(10-8-15)24(3,22)23/h4-6,11-13,15H,7-10H2,1-3H3,(H,19,20). The Morgan fingerprint density at radius 3 is 2.58 bits per heavy atom. The predicted octanol–water partition coefficient (Wildman–Crippen LogP) is 3.19. The third-order valence-electron chi connectivity index (χ3n) is 4.69. The number of fused-ring (bicyclic) bond motifs is 1. The first-order valence-corrected chi connectivity index (χ1v) is 10.3. The van der Waals surface area contributed by atoms with Crippen molar-refractivity contribution < 1.29 is 8.42 Å². The summed E-state index contributed by atoms with van der Waals surface area (Å²) >= 11 is 0. The number of aromatic nitrogens is 1. The first kappa shape index (κ1) is 17.2. The molecule has 5 nitrogen and oxygen atoms in total. The van der Waals surface area contributed by atoms with Gasteiger partial charge < -0.3 is 5.32 Å². The Morgan fingerprint density at radius 1 is 1.25 bits per heavy atom. The molecular formula is C18H25N3O2S. The summed E-state index contributed by atoms with van der Waals surface area (Å²) in [5.74, 6) is 1.33. The average Bonchev–Trinajstić information content (AvgIpc) is 2.53. The van der Waals surface area contributed by atoms with Crippen LogP contribution >= 0.6 is 0 Å². The van der Waals surface area contributed by atoms with Crippen LogP contribution in [-0.2, 0) is 10.0 Å². The molecule has 130 valence electrons. The molecule has 24 heavy (non-hydrogen) atoms. The summed E-state index contributed by atoms with van der Waals surface area (Å²) in [7, 11) is -3.08. The predicted molar refractivity (Wildman–Crippen MR) is 98.9 cm³/mol. The molecule has 1 N–H and O–H groups in total. The highest BCUT2D eigenvalue weighted by molar-refractivity contribution is 7.88. The van der Waals surface area contributed by atoms with E-state index in [9.17, 15) is 8.42 Å². The number of benzene rings is 1. The van der Waals surface area contributed by atoms with Gasteiger partial charge in [0.25, 0.3) is 0 Å². The minimum absolute atomic E-state index is 0.263. The summed E-state index contributed by atoms with van der Waals surface area (Å²) in [5.41, 5.74) is 1.32. The fourth-order valence-corrected chi connectivity index (χ4v) is 4.19. The van der Waals surface area contributed by atoms with Gasteiger partial charge in [-0.05, 0) is 35.8 Å². The Morgan fingerprint density at radius 2 is 1.96 bits per heavy atom. The molecule has 2 heterocycles. The molecule has 0 atom stereocenters. The van der Waals surface area contributed by atoms with Crippen molar-refractivity contribution >= 4 is 26.6 Å². The Balaban J connectivity index is 1.76. The summed E-state index contributed by atoms with van der Waals surface area (Å²) in [4.78, 5) is 4.53. The molecule has 0 unspecified atom stereocenters. The highest BCUT2D eigenvalue weighted by atomic mass is 32.2. The Hall–Kier alpha value is -1.66. The topological polar surface area (TPSA) is 62.3 Å². The monoisotopic (exact) mass is 347 g/mol. The molecule has 6 heteroatoms. The number of piperidine rings is 1. The van der Waals surface area contributed by atoms with Crippen molar-refractivity contribution in [3.63, 3.8) is 0 Å². The smallest absolute Gasteiger partial charge is 0.211 e. The molecule has 0 aliphatic carbocycles. The van der Waals surface area contributed by atoms with Gasteiger partial charge in [0, 0.05) is 30.7 Å². The molecule has 3 rings (SSSR count). The molecule has 0 saturated carbocycles. The lowest BCUT2D eigenvalue weighted by atomic mass is 9.97. The molecule has 0 bridgehead atoms. The number of hydrogen-bond donors (Lipinski definition) is 1. The van der Waals surface area contributed by atoms with Crippen LogP contribution in [0, 0.1) is 0 Å². The normalized spacial score (nSPS) is 17.5. The number of pyridine rings is 1. The SMILES string of the molecule is CC(C)c1cccc2cnc(NC3CCN(S(C)(=O)=O)CC3)cc12. The Labute approximate surface area is 144 Å². The molecule has 1 aromatic carbocycles. The van der Waals surface area contributed by atoms with Gasteiger partial charge in [0.1, 0.15) is 5.82 Å². The molecule has 0 spiro atoms.